The number of aryl methyl sites for hydroxylation is 2. The van der Waals surface area contributed by atoms with Crippen LogP contribution in [0.4, 0.5) is 0 Å². The molecule has 1 amide bonds. The molecule has 0 fully saturated rings. The second kappa shape index (κ2) is 5.34. The molecular formula is C11H16N2O3. The number of nitrogens with zero attached hydrogens (tertiary/aromatic N) is 1. The van der Waals surface area contributed by atoms with Crippen LogP contribution in [0.1, 0.15) is 29.4 Å². The molecule has 16 heavy (non-hydrogen) atoms. The van der Waals surface area contributed by atoms with Gasteiger partial charge in [-0.3, -0.25) is 4.79 Å². The number of rotatable bonds is 5. The second-order valence-electron chi connectivity index (χ2n) is 3.55. The van der Waals surface area contributed by atoms with Crippen LogP contribution in [0.3, 0.4) is 0 Å². The van der Waals surface area contributed by atoms with E-state index < -0.39 is 5.97 Å². The van der Waals surface area contributed by atoms with Gasteiger partial charge in [-0.05, 0) is 25.5 Å². The first-order chi connectivity index (χ1) is 7.56. The van der Waals surface area contributed by atoms with Gasteiger partial charge >= 0.3 is 5.97 Å². The lowest BCUT2D eigenvalue weighted by Crippen LogP contribution is -2.24. The van der Waals surface area contributed by atoms with Crippen molar-refractivity contribution in [1.29, 1.82) is 0 Å². The minimum atomic E-state index is -0.960. The van der Waals surface area contributed by atoms with E-state index in [-0.39, 0.29) is 11.6 Å². The van der Waals surface area contributed by atoms with E-state index in [9.17, 15) is 9.59 Å². The molecule has 1 aromatic rings. The summed E-state index contributed by atoms with van der Waals surface area (Å²) in [5.74, 6) is -1.02. The van der Waals surface area contributed by atoms with Crippen molar-refractivity contribution < 1.29 is 14.7 Å². The molecule has 0 atom stereocenters. The maximum Gasteiger partial charge on any atom is 0.352 e. The molecule has 0 aliphatic carbocycles. The standard InChI is InChI=1S/C11H16N2O3/c1-3-12-9(14)5-7-13-6-4-8(2)10(13)11(15)16/h4,6H,3,5,7H2,1-2H3,(H,12,14)(H,15,16). The van der Waals surface area contributed by atoms with Crippen LogP contribution in [-0.4, -0.2) is 28.1 Å². The van der Waals surface area contributed by atoms with E-state index in [0.717, 1.165) is 0 Å². The van der Waals surface area contributed by atoms with Crippen LogP contribution in [-0.2, 0) is 11.3 Å². The molecule has 0 bridgehead atoms. The minimum absolute atomic E-state index is 0.0646. The number of carbonyl (C=O) groups excluding carboxylic acids is 1. The Balaban J connectivity index is 2.67. The van der Waals surface area contributed by atoms with Gasteiger partial charge in [0.1, 0.15) is 5.69 Å². The Kier molecular flexibility index (Phi) is 4.10. The van der Waals surface area contributed by atoms with Gasteiger partial charge in [0.25, 0.3) is 0 Å². The highest BCUT2D eigenvalue weighted by Gasteiger charge is 2.13. The second-order valence-corrected chi connectivity index (χ2v) is 3.55. The van der Waals surface area contributed by atoms with Crippen LogP contribution in [0, 0.1) is 6.92 Å². The normalized spacial score (nSPS) is 10.1. The first kappa shape index (κ1) is 12.3. The van der Waals surface area contributed by atoms with Crippen LogP contribution in [0.2, 0.25) is 0 Å². The molecule has 0 saturated heterocycles. The van der Waals surface area contributed by atoms with Crippen molar-refractivity contribution in [2.24, 2.45) is 0 Å². The van der Waals surface area contributed by atoms with Gasteiger partial charge in [-0.1, -0.05) is 0 Å². The van der Waals surface area contributed by atoms with E-state index in [4.69, 9.17) is 5.11 Å². The third-order valence-electron chi connectivity index (χ3n) is 2.32. The summed E-state index contributed by atoms with van der Waals surface area (Å²) in [7, 11) is 0. The Morgan fingerprint density at radius 2 is 2.19 bits per heavy atom. The molecule has 5 heteroatoms. The molecule has 0 unspecified atom stereocenters. The van der Waals surface area contributed by atoms with Gasteiger partial charge in [-0.25, -0.2) is 4.79 Å². The van der Waals surface area contributed by atoms with Crippen LogP contribution in [0.5, 0.6) is 0 Å². The first-order valence-corrected chi connectivity index (χ1v) is 5.22. The fourth-order valence-corrected chi connectivity index (χ4v) is 1.57. The fourth-order valence-electron chi connectivity index (χ4n) is 1.57. The highest BCUT2D eigenvalue weighted by atomic mass is 16.4. The summed E-state index contributed by atoms with van der Waals surface area (Å²) in [6.45, 7) is 4.57. The number of carboxylic acids is 1. The van der Waals surface area contributed by atoms with E-state index in [0.29, 0.717) is 25.1 Å². The monoisotopic (exact) mass is 224 g/mol. The van der Waals surface area contributed by atoms with Gasteiger partial charge in [0.05, 0.1) is 0 Å². The van der Waals surface area contributed by atoms with Crippen LogP contribution >= 0.6 is 0 Å². The lowest BCUT2D eigenvalue weighted by molar-refractivity contribution is -0.121. The van der Waals surface area contributed by atoms with E-state index in [1.54, 1.807) is 23.8 Å². The number of carbonyl (C=O) groups is 2. The number of amides is 1. The number of carboxylic acid groups (broad SMARTS) is 1. The Bertz CT molecular complexity index is 396. The smallest absolute Gasteiger partial charge is 0.352 e. The third-order valence-corrected chi connectivity index (χ3v) is 2.32. The van der Waals surface area contributed by atoms with Crippen molar-refractivity contribution in [2.45, 2.75) is 26.8 Å². The number of nitrogens with one attached hydrogen (secondary N) is 1. The Morgan fingerprint density at radius 3 is 2.75 bits per heavy atom. The highest BCUT2D eigenvalue weighted by molar-refractivity contribution is 5.87. The van der Waals surface area contributed by atoms with Crippen molar-refractivity contribution in [3.05, 3.63) is 23.5 Å². The van der Waals surface area contributed by atoms with Crippen molar-refractivity contribution >= 4 is 11.9 Å². The average molecular weight is 224 g/mol. The van der Waals surface area contributed by atoms with Gasteiger partial charge in [-0.2, -0.15) is 0 Å². The summed E-state index contributed by atoms with van der Waals surface area (Å²) in [4.78, 5) is 22.2. The first-order valence-electron chi connectivity index (χ1n) is 5.22. The van der Waals surface area contributed by atoms with Crippen molar-refractivity contribution in [3.63, 3.8) is 0 Å². The molecule has 5 nitrogen and oxygen atoms in total. The Hall–Kier alpha value is -1.78. The molecule has 1 rings (SSSR count). The third kappa shape index (κ3) is 2.85. The predicted octanol–water partition coefficient (Wildman–Crippen LogP) is 1.02. The molecule has 0 aliphatic rings. The Morgan fingerprint density at radius 1 is 1.50 bits per heavy atom. The fraction of sp³-hybridized carbons (Fsp3) is 0.455. The van der Waals surface area contributed by atoms with Gasteiger partial charge in [0.2, 0.25) is 5.91 Å². The number of aromatic carboxylic acids is 1. The summed E-state index contributed by atoms with van der Waals surface area (Å²) in [5.41, 5.74) is 0.965. The largest absolute Gasteiger partial charge is 0.477 e. The summed E-state index contributed by atoms with van der Waals surface area (Å²) in [5, 5.41) is 11.7. The molecule has 1 heterocycles. The molecule has 1 aromatic heterocycles. The highest BCUT2D eigenvalue weighted by Crippen LogP contribution is 2.10. The maximum absolute atomic E-state index is 11.2. The average Bonchev–Trinajstić information content (AvgIpc) is 2.57. The molecule has 0 saturated carbocycles. The minimum Gasteiger partial charge on any atom is -0.477 e. The molecule has 88 valence electrons. The lowest BCUT2D eigenvalue weighted by Gasteiger charge is -2.06. The summed E-state index contributed by atoms with van der Waals surface area (Å²) in [6.07, 6.45) is 1.99. The topological polar surface area (TPSA) is 71.3 Å². The SMILES string of the molecule is CCNC(=O)CCn1ccc(C)c1C(=O)O. The zero-order valence-corrected chi connectivity index (χ0v) is 9.49. The van der Waals surface area contributed by atoms with Crippen LogP contribution < -0.4 is 5.32 Å². The van der Waals surface area contributed by atoms with E-state index in [1.165, 1.54) is 0 Å². The van der Waals surface area contributed by atoms with Crippen LogP contribution in [0.15, 0.2) is 12.3 Å². The van der Waals surface area contributed by atoms with Gasteiger partial charge in [0.15, 0.2) is 0 Å². The van der Waals surface area contributed by atoms with E-state index >= 15 is 0 Å². The summed E-state index contributed by atoms with van der Waals surface area (Å²) >= 11 is 0. The van der Waals surface area contributed by atoms with Gasteiger partial charge in [0, 0.05) is 25.7 Å². The summed E-state index contributed by atoms with van der Waals surface area (Å²) < 4.78 is 1.59. The summed E-state index contributed by atoms with van der Waals surface area (Å²) in [6, 6.07) is 1.74. The zero-order chi connectivity index (χ0) is 12.1. The molecular weight excluding hydrogens is 208 g/mol. The molecule has 0 radical (unpaired) electrons. The van der Waals surface area contributed by atoms with E-state index in [1.807, 2.05) is 6.92 Å². The van der Waals surface area contributed by atoms with E-state index in [2.05, 4.69) is 5.32 Å². The number of hydrogen-bond acceptors (Lipinski definition) is 2. The predicted molar refractivity (Wildman–Crippen MR) is 59.4 cm³/mol. The van der Waals surface area contributed by atoms with Gasteiger partial charge < -0.3 is 15.0 Å². The molecule has 2 N–H and O–H groups in total. The number of hydrogen-bond donors (Lipinski definition) is 2. The van der Waals surface area contributed by atoms with Crippen LogP contribution in [0.25, 0.3) is 0 Å². The molecule has 0 spiro atoms. The Labute approximate surface area is 94.1 Å². The quantitative estimate of drug-likeness (QED) is 0.784. The zero-order valence-electron chi connectivity index (χ0n) is 9.49. The number of aromatic nitrogens is 1. The van der Waals surface area contributed by atoms with Crippen molar-refractivity contribution in [1.82, 2.24) is 9.88 Å². The maximum atomic E-state index is 11.2. The van der Waals surface area contributed by atoms with Crippen molar-refractivity contribution in [2.75, 3.05) is 6.54 Å². The lowest BCUT2D eigenvalue weighted by atomic mass is 10.2. The molecule has 0 aromatic carbocycles. The van der Waals surface area contributed by atoms with Crippen molar-refractivity contribution in [3.8, 4) is 0 Å². The van der Waals surface area contributed by atoms with Gasteiger partial charge in [-0.15, -0.1) is 0 Å². The molecule has 0 aliphatic heterocycles.